The number of hydrogen-bond donors (Lipinski definition) is 1. The molecule has 84 valence electrons. The number of halogens is 1. The first kappa shape index (κ1) is 12.0. The van der Waals surface area contributed by atoms with Gasteiger partial charge in [-0.3, -0.25) is 0 Å². The van der Waals surface area contributed by atoms with Crippen molar-refractivity contribution >= 4 is 5.69 Å². The molecule has 1 rings (SSSR count). The van der Waals surface area contributed by atoms with Crippen molar-refractivity contribution < 1.29 is 4.39 Å². The van der Waals surface area contributed by atoms with Gasteiger partial charge in [0.1, 0.15) is 5.82 Å². The molecule has 0 aliphatic heterocycles. The Morgan fingerprint density at radius 1 is 1.07 bits per heavy atom. The predicted octanol–water partition coefficient (Wildman–Crippen LogP) is 4.21. The second kappa shape index (κ2) is 6.44. The maximum Gasteiger partial charge on any atom is 0.123 e. The summed E-state index contributed by atoms with van der Waals surface area (Å²) in [6.07, 6.45) is 4.70. The van der Waals surface area contributed by atoms with E-state index in [2.05, 4.69) is 19.2 Å². The Morgan fingerprint density at radius 3 is 2.07 bits per heavy atom. The molecule has 0 aliphatic rings. The van der Waals surface area contributed by atoms with Gasteiger partial charge in [0.15, 0.2) is 0 Å². The number of rotatable bonds is 6. The van der Waals surface area contributed by atoms with Crippen molar-refractivity contribution in [2.45, 2.75) is 45.6 Å². The molecule has 0 spiro atoms. The SMILES string of the molecule is CCCC(CCC)Nc1ccc(F)cc1. The van der Waals surface area contributed by atoms with E-state index in [1.807, 2.05) is 0 Å². The predicted molar refractivity (Wildman–Crippen MR) is 63.6 cm³/mol. The van der Waals surface area contributed by atoms with Gasteiger partial charge in [0.2, 0.25) is 0 Å². The molecule has 0 radical (unpaired) electrons. The van der Waals surface area contributed by atoms with Crippen LogP contribution in [-0.4, -0.2) is 6.04 Å². The summed E-state index contributed by atoms with van der Waals surface area (Å²) in [4.78, 5) is 0. The fourth-order valence-corrected chi connectivity index (χ4v) is 1.77. The number of hydrogen-bond acceptors (Lipinski definition) is 1. The summed E-state index contributed by atoms with van der Waals surface area (Å²) in [5.74, 6) is -0.178. The molecule has 0 unspecified atom stereocenters. The molecule has 0 atom stereocenters. The van der Waals surface area contributed by atoms with Gasteiger partial charge in [-0.1, -0.05) is 26.7 Å². The summed E-state index contributed by atoms with van der Waals surface area (Å²) in [6.45, 7) is 4.38. The third kappa shape index (κ3) is 4.32. The quantitative estimate of drug-likeness (QED) is 0.740. The maximum atomic E-state index is 12.7. The standard InChI is InChI=1S/C13H20FN/c1-3-5-12(6-4-2)15-13-9-7-11(14)8-10-13/h7-10,12,15H,3-6H2,1-2H3. The van der Waals surface area contributed by atoms with Gasteiger partial charge in [-0.15, -0.1) is 0 Å². The monoisotopic (exact) mass is 209 g/mol. The normalized spacial score (nSPS) is 10.7. The van der Waals surface area contributed by atoms with Crippen molar-refractivity contribution in [3.05, 3.63) is 30.1 Å². The highest BCUT2D eigenvalue weighted by Crippen LogP contribution is 2.14. The van der Waals surface area contributed by atoms with Crippen LogP contribution in [0.3, 0.4) is 0 Å². The Bertz CT molecular complexity index is 262. The van der Waals surface area contributed by atoms with Crippen LogP contribution in [-0.2, 0) is 0 Å². The van der Waals surface area contributed by atoms with E-state index in [1.165, 1.54) is 37.8 Å². The summed E-state index contributed by atoms with van der Waals surface area (Å²) in [5.41, 5.74) is 1.02. The molecule has 1 aromatic rings. The lowest BCUT2D eigenvalue weighted by atomic mass is 10.1. The third-order valence-electron chi connectivity index (χ3n) is 2.49. The van der Waals surface area contributed by atoms with Gasteiger partial charge in [-0.25, -0.2) is 4.39 Å². The molecule has 1 aromatic carbocycles. The minimum absolute atomic E-state index is 0.178. The number of benzene rings is 1. The van der Waals surface area contributed by atoms with Gasteiger partial charge in [-0.2, -0.15) is 0 Å². The van der Waals surface area contributed by atoms with E-state index in [-0.39, 0.29) is 5.82 Å². The summed E-state index contributed by atoms with van der Waals surface area (Å²) < 4.78 is 12.7. The lowest BCUT2D eigenvalue weighted by molar-refractivity contribution is 0.585. The van der Waals surface area contributed by atoms with Crippen LogP contribution < -0.4 is 5.32 Å². The maximum absolute atomic E-state index is 12.7. The second-order valence-electron chi connectivity index (χ2n) is 3.93. The smallest absolute Gasteiger partial charge is 0.123 e. The van der Waals surface area contributed by atoms with Gasteiger partial charge in [0.25, 0.3) is 0 Å². The Labute approximate surface area is 91.7 Å². The van der Waals surface area contributed by atoms with E-state index in [1.54, 1.807) is 12.1 Å². The fourth-order valence-electron chi connectivity index (χ4n) is 1.77. The fraction of sp³-hybridized carbons (Fsp3) is 0.538. The Morgan fingerprint density at radius 2 is 1.60 bits per heavy atom. The summed E-state index contributed by atoms with van der Waals surface area (Å²) in [7, 11) is 0. The molecule has 0 fully saturated rings. The Balaban J connectivity index is 2.53. The van der Waals surface area contributed by atoms with Crippen LogP contribution in [0.25, 0.3) is 0 Å². The zero-order valence-electron chi connectivity index (χ0n) is 9.59. The summed E-state index contributed by atoms with van der Waals surface area (Å²) in [5, 5.41) is 3.44. The molecular formula is C13H20FN. The van der Waals surface area contributed by atoms with E-state index in [0.717, 1.165) is 5.69 Å². The van der Waals surface area contributed by atoms with E-state index in [0.29, 0.717) is 6.04 Å². The Hall–Kier alpha value is -1.05. The number of anilines is 1. The van der Waals surface area contributed by atoms with Crippen molar-refractivity contribution in [3.8, 4) is 0 Å². The summed E-state index contributed by atoms with van der Waals surface area (Å²) >= 11 is 0. The average Bonchev–Trinajstić information content (AvgIpc) is 2.22. The first-order valence-electron chi connectivity index (χ1n) is 5.78. The molecule has 0 saturated carbocycles. The highest BCUT2D eigenvalue weighted by Gasteiger charge is 2.05. The molecule has 0 aliphatic carbocycles. The molecule has 2 heteroatoms. The van der Waals surface area contributed by atoms with E-state index < -0.39 is 0 Å². The van der Waals surface area contributed by atoms with Crippen LogP contribution in [0.15, 0.2) is 24.3 Å². The van der Waals surface area contributed by atoms with E-state index in [9.17, 15) is 4.39 Å². The van der Waals surface area contributed by atoms with Crippen LogP contribution in [0.5, 0.6) is 0 Å². The molecule has 0 saturated heterocycles. The minimum atomic E-state index is -0.178. The molecular weight excluding hydrogens is 189 g/mol. The molecule has 0 heterocycles. The molecule has 1 nitrogen and oxygen atoms in total. The number of nitrogens with one attached hydrogen (secondary N) is 1. The minimum Gasteiger partial charge on any atom is -0.382 e. The van der Waals surface area contributed by atoms with Crippen LogP contribution in [0.4, 0.5) is 10.1 Å². The highest BCUT2D eigenvalue weighted by molar-refractivity contribution is 5.43. The van der Waals surface area contributed by atoms with Crippen LogP contribution in [0.2, 0.25) is 0 Å². The zero-order valence-corrected chi connectivity index (χ0v) is 9.59. The first-order chi connectivity index (χ1) is 7.26. The first-order valence-corrected chi connectivity index (χ1v) is 5.78. The zero-order chi connectivity index (χ0) is 11.1. The second-order valence-corrected chi connectivity index (χ2v) is 3.93. The van der Waals surface area contributed by atoms with Crippen molar-refractivity contribution in [2.75, 3.05) is 5.32 Å². The van der Waals surface area contributed by atoms with Crippen LogP contribution in [0.1, 0.15) is 39.5 Å². The molecule has 0 amide bonds. The summed E-state index contributed by atoms with van der Waals surface area (Å²) in [6, 6.07) is 7.11. The van der Waals surface area contributed by atoms with Crippen LogP contribution in [0, 0.1) is 5.82 Å². The van der Waals surface area contributed by atoms with Crippen molar-refractivity contribution in [3.63, 3.8) is 0 Å². The average molecular weight is 209 g/mol. The van der Waals surface area contributed by atoms with E-state index >= 15 is 0 Å². The lowest BCUT2D eigenvalue weighted by Gasteiger charge is -2.18. The Kier molecular flexibility index (Phi) is 5.16. The van der Waals surface area contributed by atoms with Gasteiger partial charge in [0.05, 0.1) is 0 Å². The molecule has 1 N–H and O–H groups in total. The molecule has 0 bridgehead atoms. The van der Waals surface area contributed by atoms with Gasteiger partial charge in [-0.05, 0) is 37.1 Å². The van der Waals surface area contributed by atoms with Gasteiger partial charge in [0, 0.05) is 11.7 Å². The highest BCUT2D eigenvalue weighted by atomic mass is 19.1. The lowest BCUT2D eigenvalue weighted by Crippen LogP contribution is -2.18. The van der Waals surface area contributed by atoms with Crippen molar-refractivity contribution in [2.24, 2.45) is 0 Å². The van der Waals surface area contributed by atoms with Crippen molar-refractivity contribution in [1.29, 1.82) is 0 Å². The topological polar surface area (TPSA) is 12.0 Å². The van der Waals surface area contributed by atoms with Gasteiger partial charge < -0.3 is 5.32 Å². The van der Waals surface area contributed by atoms with Crippen LogP contribution >= 0.6 is 0 Å². The largest absolute Gasteiger partial charge is 0.382 e. The van der Waals surface area contributed by atoms with E-state index in [4.69, 9.17) is 0 Å². The molecule has 15 heavy (non-hydrogen) atoms. The molecule has 0 aromatic heterocycles. The van der Waals surface area contributed by atoms with Crippen molar-refractivity contribution in [1.82, 2.24) is 0 Å². The van der Waals surface area contributed by atoms with Gasteiger partial charge >= 0.3 is 0 Å². The third-order valence-corrected chi connectivity index (χ3v) is 2.49.